The molecule has 2 nitrogen and oxygen atoms in total. The molecule has 1 unspecified atom stereocenters. The highest BCUT2D eigenvalue weighted by atomic mass is 16.5. The van der Waals surface area contributed by atoms with E-state index in [0.717, 1.165) is 18.6 Å². The molecule has 0 fully saturated rings. The van der Waals surface area contributed by atoms with E-state index in [1.165, 1.54) is 36.8 Å². The molecule has 0 bridgehead atoms. The van der Waals surface area contributed by atoms with Gasteiger partial charge in [-0.1, -0.05) is 36.3 Å². The molecule has 2 N–H and O–H groups in total. The van der Waals surface area contributed by atoms with Crippen LogP contribution in [-0.2, 0) is 6.42 Å². The molecule has 2 rings (SSSR count). The van der Waals surface area contributed by atoms with Crippen molar-refractivity contribution in [3.8, 4) is 5.75 Å². The first-order valence-electron chi connectivity index (χ1n) is 6.87. The van der Waals surface area contributed by atoms with Crippen molar-refractivity contribution < 1.29 is 4.74 Å². The SMILES string of the molecule is COc1ccccc1CC(N)C1=CCCCCC1. The lowest BCUT2D eigenvalue weighted by Gasteiger charge is -2.17. The van der Waals surface area contributed by atoms with E-state index < -0.39 is 0 Å². The summed E-state index contributed by atoms with van der Waals surface area (Å²) in [6.07, 6.45) is 9.51. The topological polar surface area (TPSA) is 35.2 Å². The van der Waals surface area contributed by atoms with E-state index >= 15 is 0 Å². The van der Waals surface area contributed by atoms with Gasteiger partial charge in [0.2, 0.25) is 0 Å². The third kappa shape index (κ3) is 3.36. The summed E-state index contributed by atoms with van der Waals surface area (Å²) in [5.74, 6) is 0.946. The lowest BCUT2D eigenvalue weighted by atomic mass is 9.96. The Morgan fingerprint density at radius 3 is 2.89 bits per heavy atom. The molecule has 18 heavy (non-hydrogen) atoms. The van der Waals surface area contributed by atoms with Crippen molar-refractivity contribution in [1.29, 1.82) is 0 Å². The van der Waals surface area contributed by atoms with Crippen molar-refractivity contribution in [2.75, 3.05) is 7.11 Å². The molecule has 0 saturated carbocycles. The molecule has 0 aromatic heterocycles. The van der Waals surface area contributed by atoms with E-state index in [0.29, 0.717) is 0 Å². The van der Waals surface area contributed by atoms with Crippen LogP contribution in [0.25, 0.3) is 0 Å². The Labute approximate surface area is 110 Å². The van der Waals surface area contributed by atoms with Crippen LogP contribution in [0.15, 0.2) is 35.9 Å². The number of hydrogen-bond acceptors (Lipinski definition) is 2. The summed E-state index contributed by atoms with van der Waals surface area (Å²) in [5, 5.41) is 0. The number of allylic oxidation sites excluding steroid dienone is 1. The van der Waals surface area contributed by atoms with Crippen molar-refractivity contribution in [3.05, 3.63) is 41.5 Å². The van der Waals surface area contributed by atoms with Gasteiger partial charge in [-0.25, -0.2) is 0 Å². The third-order valence-electron chi connectivity index (χ3n) is 3.68. The number of para-hydroxylation sites is 1. The lowest BCUT2D eigenvalue weighted by Crippen LogP contribution is -2.25. The molecule has 98 valence electrons. The molecule has 1 aliphatic rings. The minimum atomic E-state index is 0.138. The van der Waals surface area contributed by atoms with Crippen LogP contribution in [-0.4, -0.2) is 13.2 Å². The van der Waals surface area contributed by atoms with Crippen LogP contribution in [0.1, 0.15) is 37.7 Å². The molecular weight excluding hydrogens is 222 g/mol. The zero-order chi connectivity index (χ0) is 12.8. The largest absolute Gasteiger partial charge is 0.496 e. The fraction of sp³-hybridized carbons (Fsp3) is 0.500. The molecule has 0 radical (unpaired) electrons. The third-order valence-corrected chi connectivity index (χ3v) is 3.68. The molecule has 1 aromatic rings. The van der Waals surface area contributed by atoms with Gasteiger partial charge in [-0.2, -0.15) is 0 Å². The molecule has 0 amide bonds. The van der Waals surface area contributed by atoms with Gasteiger partial charge in [0, 0.05) is 6.04 Å². The number of methoxy groups -OCH3 is 1. The number of rotatable bonds is 4. The van der Waals surface area contributed by atoms with Crippen molar-refractivity contribution in [3.63, 3.8) is 0 Å². The molecule has 0 spiro atoms. The second kappa shape index (κ2) is 6.60. The molecule has 2 heteroatoms. The van der Waals surface area contributed by atoms with Gasteiger partial charge in [0.1, 0.15) is 5.75 Å². The molecular formula is C16H23NO. The predicted octanol–water partition coefficient (Wildman–Crippen LogP) is 3.46. The maximum absolute atomic E-state index is 6.35. The van der Waals surface area contributed by atoms with Crippen molar-refractivity contribution in [2.45, 2.75) is 44.6 Å². The highest BCUT2D eigenvalue weighted by molar-refractivity contribution is 5.35. The van der Waals surface area contributed by atoms with Crippen molar-refractivity contribution >= 4 is 0 Å². The standard InChI is InChI=1S/C16H23NO/c1-18-16-11-7-6-10-14(16)12-15(17)13-8-4-2-3-5-9-13/h6-8,10-11,15H,2-5,9,12,17H2,1H3. The molecule has 0 aliphatic heterocycles. The van der Waals surface area contributed by atoms with Crippen LogP contribution < -0.4 is 10.5 Å². The second-order valence-corrected chi connectivity index (χ2v) is 5.00. The summed E-state index contributed by atoms with van der Waals surface area (Å²) < 4.78 is 5.38. The van der Waals surface area contributed by atoms with Gasteiger partial charge in [-0.05, 0) is 43.7 Å². The van der Waals surface area contributed by atoms with E-state index in [-0.39, 0.29) is 6.04 Å². The second-order valence-electron chi connectivity index (χ2n) is 5.00. The van der Waals surface area contributed by atoms with Gasteiger partial charge < -0.3 is 10.5 Å². The minimum Gasteiger partial charge on any atom is -0.496 e. The van der Waals surface area contributed by atoms with Gasteiger partial charge in [-0.3, -0.25) is 0 Å². The number of nitrogens with two attached hydrogens (primary N) is 1. The number of ether oxygens (including phenoxy) is 1. The summed E-state index contributed by atoms with van der Waals surface area (Å²) in [5.41, 5.74) is 8.98. The van der Waals surface area contributed by atoms with E-state index in [9.17, 15) is 0 Å². The van der Waals surface area contributed by atoms with Crippen LogP contribution in [0.4, 0.5) is 0 Å². The van der Waals surface area contributed by atoms with Crippen LogP contribution in [0.5, 0.6) is 5.75 Å². The monoisotopic (exact) mass is 245 g/mol. The first-order chi connectivity index (χ1) is 8.81. The number of hydrogen-bond donors (Lipinski definition) is 1. The van der Waals surface area contributed by atoms with E-state index in [1.807, 2.05) is 18.2 Å². The Morgan fingerprint density at radius 1 is 1.22 bits per heavy atom. The van der Waals surface area contributed by atoms with Gasteiger partial charge >= 0.3 is 0 Å². The maximum Gasteiger partial charge on any atom is 0.122 e. The minimum absolute atomic E-state index is 0.138. The van der Waals surface area contributed by atoms with E-state index in [4.69, 9.17) is 10.5 Å². The lowest BCUT2D eigenvalue weighted by molar-refractivity contribution is 0.408. The molecule has 1 aromatic carbocycles. The highest BCUT2D eigenvalue weighted by Gasteiger charge is 2.13. The molecule has 0 saturated heterocycles. The van der Waals surface area contributed by atoms with Crippen LogP contribution >= 0.6 is 0 Å². The van der Waals surface area contributed by atoms with Gasteiger partial charge in [0.25, 0.3) is 0 Å². The quantitative estimate of drug-likeness (QED) is 0.825. The summed E-state index contributed by atoms with van der Waals surface area (Å²) in [7, 11) is 1.72. The first-order valence-corrected chi connectivity index (χ1v) is 6.87. The van der Waals surface area contributed by atoms with Crippen LogP contribution in [0.3, 0.4) is 0 Å². The molecule has 1 atom stereocenters. The Balaban J connectivity index is 2.05. The number of benzene rings is 1. The summed E-state index contributed by atoms with van der Waals surface area (Å²) >= 11 is 0. The summed E-state index contributed by atoms with van der Waals surface area (Å²) in [6, 6.07) is 8.30. The van der Waals surface area contributed by atoms with Crippen molar-refractivity contribution in [2.24, 2.45) is 5.73 Å². The van der Waals surface area contributed by atoms with E-state index in [1.54, 1.807) is 7.11 Å². The van der Waals surface area contributed by atoms with Gasteiger partial charge in [0.15, 0.2) is 0 Å². The van der Waals surface area contributed by atoms with Crippen LogP contribution in [0.2, 0.25) is 0 Å². The summed E-state index contributed by atoms with van der Waals surface area (Å²) in [4.78, 5) is 0. The average Bonchev–Trinajstić information content (AvgIpc) is 2.68. The zero-order valence-corrected chi connectivity index (χ0v) is 11.2. The smallest absolute Gasteiger partial charge is 0.122 e. The zero-order valence-electron chi connectivity index (χ0n) is 11.2. The fourth-order valence-corrected chi connectivity index (χ4v) is 2.62. The normalized spacial score (nSPS) is 17.8. The Bertz CT molecular complexity index is 411. The maximum atomic E-state index is 6.35. The predicted molar refractivity (Wildman–Crippen MR) is 75.8 cm³/mol. The first kappa shape index (κ1) is 13.2. The van der Waals surface area contributed by atoms with Gasteiger partial charge in [-0.15, -0.1) is 0 Å². The highest BCUT2D eigenvalue weighted by Crippen LogP contribution is 2.24. The van der Waals surface area contributed by atoms with Gasteiger partial charge in [0.05, 0.1) is 7.11 Å². The van der Waals surface area contributed by atoms with E-state index in [2.05, 4.69) is 12.1 Å². The van der Waals surface area contributed by atoms with Crippen LogP contribution in [0, 0.1) is 0 Å². The Hall–Kier alpha value is -1.28. The molecule has 0 heterocycles. The average molecular weight is 245 g/mol. The van der Waals surface area contributed by atoms with Crippen molar-refractivity contribution in [1.82, 2.24) is 0 Å². The Kier molecular flexibility index (Phi) is 4.82. The fourth-order valence-electron chi connectivity index (χ4n) is 2.62. The summed E-state index contributed by atoms with van der Waals surface area (Å²) in [6.45, 7) is 0. The molecule has 1 aliphatic carbocycles. The Morgan fingerprint density at radius 2 is 2.06 bits per heavy atom.